The van der Waals surface area contributed by atoms with Crippen LogP contribution >= 0.6 is 7.37 Å². The first kappa shape index (κ1) is 16.8. The minimum absolute atomic E-state index is 0.0120. The van der Waals surface area contributed by atoms with Crippen LogP contribution in [0.1, 0.15) is 25.7 Å². The summed E-state index contributed by atoms with van der Waals surface area (Å²) in [6, 6.07) is 0. The van der Waals surface area contributed by atoms with Crippen molar-refractivity contribution >= 4 is 7.37 Å². The lowest BCUT2D eigenvalue weighted by atomic mass is 10.2. The Morgan fingerprint density at radius 3 is 1.82 bits per heavy atom. The summed E-state index contributed by atoms with van der Waals surface area (Å²) >= 11 is 0. The Balaban J connectivity index is 3.78. The van der Waals surface area contributed by atoms with E-state index in [1.807, 2.05) is 0 Å². The van der Waals surface area contributed by atoms with Gasteiger partial charge >= 0.3 is 12.4 Å². The Morgan fingerprint density at radius 2 is 1.41 bits per heavy atom. The van der Waals surface area contributed by atoms with Crippen LogP contribution in [0.5, 0.6) is 0 Å². The molecule has 0 amide bonds. The Bertz CT molecular complexity index is 272. The molecule has 0 fully saturated rings. The molecule has 17 heavy (non-hydrogen) atoms. The summed E-state index contributed by atoms with van der Waals surface area (Å²) in [5.41, 5.74) is 0. The molecule has 0 saturated heterocycles. The second kappa shape index (κ2) is 6.09. The summed E-state index contributed by atoms with van der Waals surface area (Å²) in [5.74, 6) is 0. The van der Waals surface area contributed by atoms with Gasteiger partial charge in [0.15, 0.2) is 0 Å². The van der Waals surface area contributed by atoms with Crippen LogP contribution in [0.3, 0.4) is 0 Å². The van der Waals surface area contributed by atoms with E-state index in [-0.39, 0.29) is 19.3 Å². The van der Waals surface area contributed by atoms with Crippen molar-refractivity contribution in [1.82, 2.24) is 0 Å². The summed E-state index contributed by atoms with van der Waals surface area (Å²) < 4.78 is 81.5. The van der Waals surface area contributed by atoms with E-state index >= 15 is 0 Å². The summed E-state index contributed by atoms with van der Waals surface area (Å²) in [7, 11) is -4.30. The second-order valence-corrected chi connectivity index (χ2v) is 6.23. The average molecular weight is 286 g/mol. The molecule has 0 bridgehead atoms. The van der Waals surface area contributed by atoms with Crippen LogP contribution < -0.4 is 0 Å². The number of alkyl halides is 6. The van der Waals surface area contributed by atoms with Crippen molar-refractivity contribution < 1.29 is 35.8 Å². The van der Waals surface area contributed by atoms with Gasteiger partial charge in [0, 0.05) is 12.6 Å². The van der Waals surface area contributed by atoms with Gasteiger partial charge < -0.3 is 4.89 Å². The number of halogens is 6. The molecule has 9 heteroatoms. The van der Waals surface area contributed by atoms with Crippen molar-refractivity contribution in [2.45, 2.75) is 38.0 Å². The Kier molecular flexibility index (Phi) is 6.01. The van der Waals surface area contributed by atoms with Crippen LogP contribution in [-0.4, -0.2) is 29.6 Å². The molecular weight excluding hydrogens is 273 g/mol. The molecule has 0 aromatic rings. The zero-order chi connectivity index (χ0) is 13.7. The van der Waals surface area contributed by atoms with E-state index in [1.165, 1.54) is 0 Å². The maximum atomic E-state index is 11.8. The molecule has 0 heterocycles. The van der Waals surface area contributed by atoms with Gasteiger partial charge in [-0.3, -0.25) is 4.57 Å². The predicted octanol–water partition coefficient (Wildman–Crippen LogP) is 3.94. The van der Waals surface area contributed by atoms with Crippen molar-refractivity contribution in [2.24, 2.45) is 0 Å². The topological polar surface area (TPSA) is 37.3 Å². The maximum Gasteiger partial charge on any atom is 0.397 e. The molecule has 0 aliphatic heterocycles. The molecule has 0 aromatic heterocycles. The quantitative estimate of drug-likeness (QED) is 0.456. The van der Waals surface area contributed by atoms with Crippen LogP contribution in [0, 0.1) is 0 Å². The first-order valence-electron chi connectivity index (χ1n) is 4.86. The molecule has 0 aliphatic carbocycles. The van der Waals surface area contributed by atoms with Crippen molar-refractivity contribution in [3.8, 4) is 0 Å². The van der Waals surface area contributed by atoms with Crippen LogP contribution in [0.2, 0.25) is 0 Å². The number of unbranched alkanes of at least 4 members (excludes halogenated alkanes) is 2. The normalized spacial score (nSPS) is 16.9. The van der Waals surface area contributed by atoms with Crippen LogP contribution in [0.4, 0.5) is 26.3 Å². The molecule has 1 atom stereocenters. The fourth-order valence-electron chi connectivity index (χ4n) is 1.22. The molecular formula is C8H13F6O2P. The summed E-state index contributed by atoms with van der Waals surface area (Å²) in [6.07, 6.45) is -12.8. The van der Waals surface area contributed by atoms with Crippen molar-refractivity contribution in [1.29, 1.82) is 0 Å². The predicted molar refractivity (Wildman–Crippen MR) is 50.1 cm³/mol. The summed E-state index contributed by atoms with van der Waals surface area (Å²) in [6.45, 7) is 0. The minimum Gasteiger partial charge on any atom is -0.344 e. The van der Waals surface area contributed by atoms with Gasteiger partial charge in [-0.25, -0.2) is 0 Å². The maximum absolute atomic E-state index is 11.8. The molecule has 0 saturated carbocycles. The molecule has 1 N–H and O–H groups in total. The van der Waals surface area contributed by atoms with Gasteiger partial charge in [0.1, 0.15) is 6.16 Å². The monoisotopic (exact) mass is 286 g/mol. The van der Waals surface area contributed by atoms with Gasteiger partial charge in [0.2, 0.25) is 7.37 Å². The largest absolute Gasteiger partial charge is 0.397 e. The van der Waals surface area contributed by atoms with Crippen molar-refractivity contribution in [3.63, 3.8) is 0 Å². The standard InChI is InChI=1S/C8H13F6O2P/c9-7(10,11)4-2-1-3-5-17(15,16)6-8(12,13)14/h1-6H2,(H,15,16). The van der Waals surface area contributed by atoms with Gasteiger partial charge in [0.05, 0.1) is 0 Å². The van der Waals surface area contributed by atoms with E-state index in [4.69, 9.17) is 4.89 Å². The minimum atomic E-state index is -4.73. The van der Waals surface area contributed by atoms with E-state index < -0.39 is 38.5 Å². The lowest BCUT2D eigenvalue weighted by Gasteiger charge is -2.13. The second-order valence-electron chi connectivity index (χ2n) is 3.77. The first-order chi connectivity index (χ1) is 7.41. The third kappa shape index (κ3) is 12.0. The zero-order valence-electron chi connectivity index (χ0n) is 8.81. The van der Waals surface area contributed by atoms with E-state index in [0.29, 0.717) is 0 Å². The van der Waals surface area contributed by atoms with E-state index in [0.717, 1.165) is 0 Å². The van der Waals surface area contributed by atoms with E-state index in [2.05, 4.69) is 0 Å². The number of rotatable bonds is 6. The summed E-state index contributed by atoms with van der Waals surface area (Å²) in [5, 5.41) is 0. The highest BCUT2D eigenvalue weighted by Gasteiger charge is 2.37. The molecule has 104 valence electrons. The summed E-state index contributed by atoms with van der Waals surface area (Å²) in [4.78, 5) is 8.92. The molecule has 0 radical (unpaired) electrons. The highest BCUT2D eigenvalue weighted by atomic mass is 31.2. The fourth-order valence-corrected chi connectivity index (χ4v) is 2.66. The van der Waals surface area contributed by atoms with Gasteiger partial charge in [-0.1, -0.05) is 6.42 Å². The third-order valence-electron chi connectivity index (χ3n) is 1.89. The van der Waals surface area contributed by atoms with Gasteiger partial charge in [-0.2, -0.15) is 26.3 Å². The van der Waals surface area contributed by atoms with Crippen LogP contribution in [-0.2, 0) is 4.57 Å². The fraction of sp³-hybridized carbons (Fsp3) is 1.00. The molecule has 0 aromatic carbocycles. The van der Waals surface area contributed by atoms with Gasteiger partial charge in [-0.05, 0) is 12.8 Å². The molecule has 0 spiro atoms. The van der Waals surface area contributed by atoms with Crippen LogP contribution in [0.15, 0.2) is 0 Å². The highest BCUT2D eigenvalue weighted by Crippen LogP contribution is 2.46. The average Bonchev–Trinajstić information content (AvgIpc) is 1.95. The number of hydrogen-bond acceptors (Lipinski definition) is 1. The molecule has 1 unspecified atom stereocenters. The highest BCUT2D eigenvalue weighted by molar-refractivity contribution is 7.58. The third-order valence-corrected chi connectivity index (χ3v) is 3.76. The van der Waals surface area contributed by atoms with E-state index in [9.17, 15) is 30.9 Å². The molecule has 2 nitrogen and oxygen atoms in total. The lowest BCUT2D eigenvalue weighted by Crippen LogP contribution is -2.15. The zero-order valence-corrected chi connectivity index (χ0v) is 9.71. The Morgan fingerprint density at radius 1 is 0.882 bits per heavy atom. The Labute approximate surface area is 94.5 Å². The van der Waals surface area contributed by atoms with Gasteiger partial charge in [-0.15, -0.1) is 0 Å². The SMILES string of the molecule is O=P(O)(CCCCCC(F)(F)F)CC(F)(F)F. The lowest BCUT2D eigenvalue weighted by molar-refractivity contribution is -0.135. The van der Waals surface area contributed by atoms with Gasteiger partial charge in [0.25, 0.3) is 0 Å². The molecule has 0 aliphatic rings. The Hall–Kier alpha value is -0.230. The first-order valence-corrected chi connectivity index (χ1v) is 6.89. The smallest absolute Gasteiger partial charge is 0.344 e. The van der Waals surface area contributed by atoms with Crippen molar-refractivity contribution in [2.75, 3.05) is 12.3 Å². The van der Waals surface area contributed by atoms with Crippen LogP contribution in [0.25, 0.3) is 0 Å². The number of hydrogen-bond donors (Lipinski definition) is 1. The molecule has 0 rings (SSSR count). The van der Waals surface area contributed by atoms with E-state index in [1.54, 1.807) is 0 Å². The van der Waals surface area contributed by atoms with Crippen molar-refractivity contribution in [3.05, 3.63) is 0 Å².